The van der Waals surface area contributed by atoms with Crippen LogP contribution < -0.4 is 5.32 Å². The number of para-hydroxylation sites is 1. The maximum Gasteiger partial charge on any atom is 0.292 e. The molecule has 21 heavy (non-hydrogen) atoms. The molecule has 1 aliphatic heterocycles. The van der Waals surface area contributed by atoms with Crippen molar-refractivity contribution in [2.24, 2.45) is 0 Å². The predicted octanol–water partition coefficient (Wildman–Crippen LogP) is 1.22. The number of nitro benzene ring substituents is 1. The van der Waals surface area contributed by atoms with Crippen LogP contribution in [-0.4, -0.2) is 53.9 Å². The lowest BCUT2D eigenvalue weighted by Crippen LogP contribution is -2.47. The van der Waals surface area contributed by atoms with Crippen LogP contribution in [-0.2, 0) is 11.3 Å². The highest BCUT2D eigenvalue weighted by Gasteiger charge is 2.26. The van der Waals surface area contributed by atoms with Crippen molar-refractivity contribution in [2.75, 3.05) is 32.1 Å². The highest BCUT2D eigenvalue weighted by atomic mass is 16.6. The van der Waals surface area contributed by atoms with Gasteiger partial charge in [-0.2, -0.15) is 0 Å². The summed E-state index contributed by atoms with van der Waals surface area (Å²) >= 11 is 0. The van der Waals surface area contributed by atoms with E-state index in [4.69, 9.17) is 4.74 Å². The molecule has 116 valence electrons. The number of aliphatic hydroxyl groups is 1. The number of morpholine rings is 1. The molecule has 2 atom stereocenters. The first kappa shape index (κ1) is 15.7. The molecule has 1 aromatic rings. The Hall–Kier alpha value is -1.70. The molecule has 2 unspecified atom stereocenters. The molecule has 0 radical (unpaired) electrons. The van der Waals surface area contributed by atoms with E-state index < -0.39 is 0 Å². The Morgan fingerprint density at radius 2 is 2.29 bits per heavy atom. The van der Waals surface area contributed by atoms with Gasteiger partial charge in [0.25, 0.3) is 5.69 Å². The minimum absolute atomic E-state index is 0.0192. The second kappa shape index (κ2) is 6.84. The van der Waals surface area contributed by atoms with Crippen LogP contribution in [0.1, 0.15) is 12.5 Å². The lowest BCUT2D eigenvalue weighted by atomic mass is 10.1. The van der Waals surface area contributed by atoms with Crippen molar-refractivity contribution in [1.82, 2.24) is 4.90 Å². The Morgan fingerprint density at radius 1 is 1.52 bits per heavy atom. The number of hydrogen-bond acceptors (Lipinski definition) is 6. The normalized spacial score (nSPS) is 23.0. The second-order valence-corrected chi connectivity index (χ2v) is 5.26. The van der Waals surface area contributed by atoms with E-state index in [1.165, 1.54) is 6.07 Å². The summed E-state index contributed by atoms with van der Waals surface area (Å²) in [6, 6.07) is 5.07. The van der Waals surface area contributed by atoms with Gasteiger partial charge in [0.1, 0.15) is 5.69 Å². The molecule has 7 heteroatoms. The summed E-state index contributed by atoms with van der Waals surface area (Å²) in [5.74, 6) is 0. The summed E-state index contributed by atoms with van der Waals surface area (Å²) in [6.45, 7) is 3.88. The lowest BCUT2D eigenvalue weighted by Gasteiger charge is -2.36. The quantitative estimate of drug-likeness (QED) is 0.627. The van der Waals surface area contributed by atoms with E-state index in [2.05, 4.69) is 10.2 Å². The maximum absolute atomic E-state index is 11.1. The Bertz CT molecular complexity index is 509. The summed E-state index contributed by atoms with van der Waals surface area (Å²) in [4.78, 5) is 12.8. The van der Waals surface area contributed by atoms with Crippen LogP contribution in [0.25, 0.3) is 0 Å². The van der Waals surface area contributed by atoms with E-state index in [0.29, 0.717) is 18.8 Å². The first-order valence-electron chi connectivity index (χ1n) is 6.97. The zero-order valence-electron chi connectivity index (χ0n) is 12.3. The third-order valence-corrected chi connectivity index (χ3v) is 3.57. The molecule has 2 rings (SSSR count). The Labute approximate surface area is 123 Å². The van der Waals surface area contributed by atoms with Crippen molar-refractivity contribution in [2.45, 2.75) is 25.7 Å². The van der Waals surface area contributed by atoms with Crippen molar-refractivity contribution in [3.8, 4) is 0 Å². The fourth-order valence-electron chi connectivity index (χ4n) is 2.77. The van der Waals surface area contributed by atoms with E-state index in [-0.39, 0.29) is 29.4 Å². The van der Waals surface area contributed by atoms with Crippen LogP contribution >= 0.6 is 0 Å². The number of nitrogens with one attached hydrogen (secondary N) is 1. The number of benzene rings is 1. The molecule has 0 spiro atoms. The van der Waals surface area contributed by atoms with Gasteiger partial charge in [-0.05, 0) is 12.5 Å². The van der Waals surface area contributed by atoms with Crippen molar-refractivity contribution >= 4 is 11.4 Å². The fourth-order valence-corrected chi connectivity index (χ4v) is 2.77. The highest BCUT2D eigenvalue weighted by Crippen LogP contribution is 2.29. The van der Waals surface area contributed by atoms with Gasteiger partial charge in [-0.1, -0.05) is 12.1 Å². The van der Waals surface area contributed by atoms with Crippen molar-refractivity contribution in [3.05, 3.63) is 33.9 Å². The van der Waals surface area contributed by atoms with Gasteiger partial charge in [-0.15, -0.1) is 0 Å². The van der Waals surface area contributed by atoms with E-state index in [1.54, 1.807) is 13.1 Å². The van der Waals surface area contributed by atoms with E-state index in [0.717, 1.165) is 12.1 Å². The summed E-state index contributed by atoms with van der Waals surface area (Å²) in [6.07, 6.45) is -0.168. The van der Waals surface area contributed by atoms with E-state index >= 15 is 0 Å². The van der Waals surface area contributed by atoms with Crippen molar-refractivity contribution in [3.63, 3.8) is 0 Å². The number of ether oxygens (including phenoxy) is 1. The smallest absolute Gasteiger partial charge is 0.292 e. The summed E-state index contributed by atoms with van der Waals surface area (Å²) in [5.41, 5.74) is 1.50. The molecule has 0 aliphatic carbocycles. The number of rotatable bonds is 5. The van der Waals surface area contributed by atoms with Gasteiger partial charge >= 0.3 is 0 Å². The molecule has 1 saturated heterocycles. The van der Waals surface area contributed by atoms with Gasteiger partial charge in [0, 0.05) is 32.7 Å². The predicted molar refractivity (Wildman–Crippen MR) is 79.3 cm³/mol. The molecule has 1 aromatic carbocycles. The van der Waals surface area contributed by atoms with Crippen LogP contribution in [0.15, 0.2) is 18.2 Å². The maximum atomic E-state index is 11.1. The largest absolute Gasteiger partial charge is 0.394 e. The topological polar surface area (TPSA) is 87.9 Å². The molecule has 2 N–H and O–H groups in total. The third-order valence-electron chi connectivity index (χ3n) is 3.57. The minimum atomic E-state index is -0.381. The standard InChI is InChI=1S/C14H21N3O4/c1-10-6-16(8-12(9-18)21-10)7-11-4-3-5-13(17(19)20)14(11)15-2/h3-5,10,12,15,18H,6-9H2,1-2H3. The molecular formula is C14H21N3O4. The first-order chi connectivity index (χ1) is 10.0. The number of hydrogen-bond donors (Lipinski definition) is 2. The third kappa shape index (κ3) is 3.69. The number of aliphatic hydroxyl groups excluding tert-OH is 1. The minimum Gasteiger partial charge on any atom is -0.394 e. The summed E-state index contributed by atoms with van der Waals surface area (Å²) in [5, 5.41) is 23.3. The first-order valence-corrected chi connectivity index (χ1v) is 6.97. The van der Waals surface area contributed by atoms with Gasteiger partial charge in [0.15, 0.2) is 0 Å². The molecule has 0 bridgehead atoms. The zero-order chi connectivity index (χ0) is 15.4. The molecule has 0 aromatic heterocycles. The fraction of sp³-hybridized carbons (Fsp3) is 0.571. The Balaban J connectivity index is 2.19. The monoisotopic (exact) mass is 295 g/mol. The van der Waals surface area contributed by atoms with Crippen LogP contribution in [0.5, 0.6) is 0 Å². The number of anilines is 1. The molecule has 0 saturated carbocycles. The Morgan fingerprint density at radius 3 is 2.90 bits per heavy atom. The average Bonchev–Trinajstić information content (AvgIpc) is 2.46. The number of nitrogens with zero attached hydrogens (tertiary/aromatic N) is 2. The number of nitro groups is 1. The molecule has 1 aliphatic rings. The van der Waals surface area contributed by atoms with Gasteiger partial charge in [0.2, 0.25) is 0 Å². The molecule has 1 heterocycles. The summed E-state index contributed by atoms with van der Waals surface area (Å²) in [7, 11) is 1.68. The summed E-state index contributed by atoms with van der Waals surface area (Å²) < 4.78 is 5.61. The zero-order valence-corrected chi connectivity index (χ0v) is 12.3. The lowest BCUT2D eigenvalue weighted by molar-refractivity contribution is -0.384. The van der Waals surface area contributed by atoms with Crippen LogP contribution in [0.4, 0.5) is 11.4 Å². The van der Waals surface area contributed by atoms with Crippen molar-refractivity contribution < 1.29 is 14.8 Å². The van der Waals surface area contributed by atoms with Crippen LogP contribution in [0.3, 0.4) is 0 Å². The Kier molecular flexibility index (Phi) is 5.11. The SMILES string of the molecule is CNc1c(CN2CC(C)OC(CO)C2)cccc1[N+](=O)[O-]. The molecule has 0 amide bonds. The van der Waals surface area contributed by atoms with Crippen LogP contribution in [0.2, 0.25) is 0 Å². The second-order valence-electron chi connectivity index (χ2n) is 5.26. The average molecular weight is 295 g/mol. The van der Waals surface area contributed by atoms with E-state index in [9.17, 15) is 15.2 Å². The molecule has 1 fully saturated rings. The molecule has 7 nitrogen and oxygen atoms in total. The van der Waals surface area contributed by atoms with Gasteiger partial charge in [0.05, 0.1) is 23.7 Å². The highest BCUT2D eigenvalue weighted by molar-refractivity contribution is 5.66. The van der Waals surface area contributed by atoms with Gasteiger partial charge in [-0.3, -0.25) is 15.0 Å². The van der Waals surface area contributed by atoms with Crippen LogP contribution in [0, 0.1) is 10.1 Å². The molecular weight excluding hydrogens is 274 g/mol. The van der Waals surface area contributed by atoms with Gasteiger partial charge in [-0.25, -0.2) is 0 Å². The van der Waals surface area contributed by atoms with E-state index in [1.807, 2.05) is 13.0 Å². The van der Waals surface area contributed by atoms with Crippen molar-refractivity contribution in [1.29, 1.82) is 0 Å². The van der Waals surface area contributed by atoms with Gasteiger partial charge < -0.3 is 15.2 Å².